The molecule has 1 heterocycles. The van der Waals surface area contributed by atoms with Crippen molar-refractivity contribution in [1.29, 1.82) is 0 Å². The molecule has 1 unspecified atom stereocenters. The minimum atomic E-state index is -1.64. The van der Waals surface area contributed by atoms with E-state index < -0.39 is 29.2 Å². The van der Waals surface area contributed by atoms with Crippen LogP contribution in [0.4, 0.5) is 13.2 Å². The van der Waals surface area contributed by atoms with Crippen LogP contribution >= 0.6 is 0 Å². The summed E-state index contributed by atoms with van der Waals surface area (Å²) in [6.07, 6.45) is -1.48. The highest BCUT2D eigenvalue weighted by molar-refractivity contribution is 5.75. The Balaban J connectivity index is 2.09. The van der Waals surface area contributed by atoms with Crippen molar-refractivity contribution < 1.29 is 18.3 Å². The maximum absolute atomic E-state index is 13.7. The van der Waals surface area contributed by atoms with E-state index in [-0.39, 0.29) is 11.1 Å². The molecule has 0 fully saturated rings. The average molecular weight is 294 g/mol. The van der Waals surface area contributed by atoms with Crippen molar-refractivity contribution in [2.75, 3.05) is 0 Å². The van der Waals surface area contributed by atoms with E-state index in [1.807, 2.05) is 0 Å². The van der Waals surface area contributed by atoms with Gasteiger partial charge in [-0.1, -0.05) is 12.1 Å². The summed E-state index contributed by atoms with van der Waals surface area (Å²) in [7, 11) is 0. The second kappa shape index (κ2) is 4.78. The first-order chi connectivity index (χ1) is 9.97. The first-order valence-electron chi connectivity index (χ1n) is 6.01. The lowest BCUT2D eigenvalue weighted by molar-refractivity contribution is 0.212. The number of hydrogen-bond acceptors (Lipinski definition) is 2. The Morgan fingerprint density at radius 3 is 2.43 bits per heavy atom. The Kier molecular flexibility index (Phi) is 3.06. The molecule has 0 amide bonds. The van der Waals surface area contributed by atoms with Crippen LogP contribution in [0.2, 0.25) is 0 Å². The fraction of sp³-hybridized carbons (Fsp3) is 0.0714. The molecule has 21 heavy (non-hydrogen) atoms. The molecule has 0 aliphatic carbocycles. The van der Waals surface area contributed by atoms with E-state index in [9.17, 15) is 23.1 Å². The van der Waals surface area contributed by atoms with E-state index in [2.05, 4.69) is 9.97 Å². The monoisotopic (exact) mass is 294 g/mol. The predicted molar refractivity (Wildman–Crippen MR) is 69.3 cm³/mol. The Bertz CT molecular complexity index is 886. The molecular formula is C14H9F3N2O2. The summed E-state index contributed by atoms with van der Waals surface area (Å²) in [5.41, 5.74) is 0.366. The number of imidazole rings is 1. The zero-order valence-corrected chi connectivity index (χ0v) is 10.5. The Morgan fingerprint density at radius 2 is 1.67 bits per heavy atom. The van der Waals surface area contributed by atoms with Crippen molar-refractivity contribution in [3.8, 4) is 0 Å². The standard InChI is InChI=1S/C14H9F3N2O2/c15-8-3-2-7(11(16)12(8)17)13(20)6-1-4-9-10(5-6)19-14(21)18-9/h1-5,13,20H,(H2,18,19,21). The Hall–Kier alpha value is -2.54. The molecule has 0 radical (unpaired) electrons. The average Bonchev–Trinajstić information content (AvgIpc) is 2.83. The number of benzene rings is 2. The molecule has 1 aromatic heterocycles. The van der Waals surface area contributed by atoms with E-state index in [1.165, 1.54) is 18.2 Å². The number of aromatic nitrogens is 2. The second-order valence-corrected chi connectivity index (χ2v) is 4.55. The van der Waals surface area contributed by atoms with Gasteiger partial charge >= 0.3 is 5.69 Å². The fourth-order valence-corrected chi connectivity index (χ4v) is 2.15. The van der Waals surface area contributed by atoms with Crippen LogP contribution in [0.1, 0.15) is 17.2 Å². The van der Waals surface area contributed by atoms with E-state index in [0.29, 0.717) is 11.0 Å². The number of aliphatic hydroxyl groups excluding tert-OH is 1. The Labute approximate surface area is 115 Å². The molecule has 3 rings (SSSR count). The van der Waals surface area contributed by atoms with Crippen LogP contribution in [0.5, 0.6) is 0 Å². The van der Waals surface area contributed by atoms with Crippen LogP contribution in [0, 0.1) is 17.5 Å². The van der Waals surface area contributed by atoms with Crippen molar-refractivity contribution in [2.24, 2.45) is 0 Å². The number of nitrogens with one attached hydrogen (secondary N) is 2. The summed E-state index contributed by atoms with van der Waals surface area (Å²) in [6.45, 7) is 0. The minimum absolute atomic E-state index is 0.239. The summed E-state index contributed by atoms with van der Waals surface area (Å²) < 4.78 is 39.8. The Morgan fingerprint density at radius 1 is 0.952 bits per heavy atom. The van der Waals surface area contributed by atoms with E-state index in [1.54, 1.807) is 0 Å². The SMILES string of the molecule is O=c1[nH]c2ccc(C(O)c3ccc(F)c(F)c3F)cc2[nH]1. The molecule has 7 heteroatoms. The summed E-state index contributed by atoms with van der Waals surface area (Å²) in [6, 6.07) is 6.12. The maximum Gasteiger partial charge on any atom is 0.323 e. The molecular weight excluding hydrogens is 285 g/mol. The molecule has 4 nitrogen and oxygen atoms in total. The van der Waals surface area contributed by atoms with Gasteiger partial charge in [-0.05, 0) is 23.8 Å². The molecule has 0 aliphatic rings. The quantitative estimate of drug-likeness (QED) is 0.635. The molecule has 0 aliphatic heterocycles. The number of H-pyrrole nitrogens is 2. The highest BCUT2D eigenvalue weighted by atomic mass is 19.2. The van der Waals surface area contributed by atoms with Crippen molar-refractivity contribution in [3.05, 3.63) is 69.4 Å². The van der Waals surface area contributed by atoms with Gasteiger partial charge in [0, 0.05) is 5.56 Å². The molecule has 0 bridgehead atoms. The van der Waals surface area contributed by atoms with Crippen LogP contribution in [-0.4, -0.2) is 15.1 Å². The van der Waals surface area contributed by atoms with Crippen LogP contribution in [0.25, 0.3) is 11.0 Å². The van der Waals surface area contributed by atoms with Gasteiger partial charge in [0.15, 0.2) is 17.5 Å². The molecule has 0 saturated heterocycles. The van der Waals surface area contributed by atoms with Crippen molar-refractivity contribution in [2.45, 2.75) is 6.10 Å². The normalized spacial score (nSPS) is 12.8. The van der Waals surface area contributed by atoms with Gasteiger partial charge in [-0.25, -0.2) is 18.0 Å². The van der Waals surface area contributed by atoms with E-state index in [4.69, 9.17) is 0 Å². The first kappa shape index (κ1) is 13.4. The largest absolute Gasteiger partial charge is 0.384 e. The fourth-order valence-electron chi connectivity index (χ4n) is 2.15. The van der Waals surface area contributed by atoms with Crippen molar-refractivity contribution in [3.63, 3.8) is 0 Å². The number of rotatable bonds is 2. The topological polar surface area (TPSA) is 68.9 Å². The molecule has 3 N–H and O–H groups in total. The van der Waals surface area contributed by atoms with Gasteiger partial charge in [-0.2, -0.15) is 0 Å². The van der Waals surface area contributed by atoms with Crippen molar-refractivity contribution in [1.82, 2.24) is 9.97 Å². The zero-order valence-electron chi connectivity index (χ0n) is 10.5. The number of hydrogen-bond donors (Lipinski definition) is 3. The third-order valence-electron chi connectivity index (χ3n) is 3.22. The third-order valence-corrected chi connectivity index (χ3v) is 3.22. The predicted octanol–water partition coefficient (Wildman–Crippen LogP) is 2.36. The number of fused-ring (bicyclic) bond motifs is 1. The van der Waals surface area contributed by atoms with Crippen LogP contribution in [-0.2, 0) is 0 Å². The summed E-state index contributed by atoms with van der Waals surface area (Å²) >= 11 is 0. The van der Waals surface area contributed by atoms with Gasteiger partial charge in [0.2, 0.25) is 0 Å². The highest BCUT2D eigenvalue weighted by Crippen LogP contribution is 2.27. The molecule has 0 spiro atoms. The lowest BCUT2D eigenvalue weighted by Crippen LogP contribution is -2.05. The lowest BCUT2D eigenvalue weighted by atomic mass is 10.0. The highest BCUT2D eigenvalue weighted by Gasteiger charge is 2.20. The summed E-state index contributed by atoms with van der Waals surface area (Å²) in [5.74, 6) is -4.40. The lowest BCUT2D eigenvalue weighted by Gasteiger charge is -2.13. The first-order valence-corrected chi connectivity index (χ1v) is 6.01. The van der Waals surface area contributed by atoms with E-state index >= 15 is 0 Å². The molecule has 1 atom stereocenters. The van der Waals surface area contributed by atoms with E-state index in [0.717, 1.165) is 12.1 Å². The zero-order chi connectivity index (χ0) is 15.1. The number of aliphatic hydroxyl groups is 1. The van der Waals surface area contributed by atoms with Crippen LogP contribution < -0.4 is 5.69 Å². The van der Waals surface area contributed by atoms with Gasteiger partial charge in [0.05, 0.1) is 11.0 Å². The summed E-state index contributed by atoms with van der Waals surface area (Å²) in [4.78, 5) is 16.2. The third kappa shape index (κ3) is 2.21. The molecule has 3 aromatic rings. The van der Waals surface area contributed by atoms with Crippen LogP contribution in [0.15, 0.2) is 35.1 Å². The molecule has 0 saturated carbocycles. The van der Waals surface area contributed by atoms with Crippen molar-refractivity contribution >= 4 is 11.0 Å². The van der Waals surface area contributed by atoms with Crippen LogP contribution in [0.3, 0.4) is 0 Å². The minimum Gasteiger partial charge on any atom is -0.384 e. The van der Waals surface area contributed by atoms with Gasteiger partial charge in [-0.3, -0.25) is 0 Å². The second-order valence-electron chi connectivity index (χ2n) is 4.55. The molecule has 108 valence electrons. The van der Waals surface area contributed by atoms with Gasteiger partial charge < -0.3 is 15.1 Å². The van der Waals surface area contributed by atoms with Gasteiger partial charge in [-0.15, -0.1) is 0 Å². The van der Waals surface area contributed by atoms with Gasteiger partial charge in [0.1, 0.15) is 6.10 Å². The summed E-state index contributed by atoms with van der Waals surface area (Å²) in [5, 5.41) is 10.1. The number of aromatic amines is 2. The smallest absolute Gasteiger partial charge is 0.323 e. The molecule has 2 aromatic carbocycles. The number of halogens is 3. The maximum atomic E-state index is 13.7. The van der Waals surface area contributed by atoms with Gasteiger partial charge in [0.25, 0.3) is 0 Å².